The Kier molecular flexibility index (Phi) is 8.31. The van der Waals surface area contributed by atoms with Crippen molar-refractivity contribution in [1.82, 2.24) is 10.2 Å². The summed E-state index contributed by atoms with van der Waals surface area (Å²) in [6.45, 7) is 7.67. The quantitative estimate of drug-likeness (QED) is 0.665. The van der Waals surface area contributed by atoms with Crippen LogP contribution in [0.25, 0.3) is 0 Å². The van der Waals surface area contributed by atoms with Crippen LogP contribution in [0.4, 0.5) is 0 Å². The molecule has 3 heteroatoms. The van der Waals surface area contributed by atoms with E-state index >= 15 is 0 Å². The van der Waals surface area contributed by atoms with Crippen LogP contribution in [0, 0.1) is 0 Å². The minimum atomic E-state index is 0.645. The zero-order valence-electron chi connectivity index (χ0n) is 13.5. The van der Waals surface area contributed by atoms with Crippen LogP contribution >= 0.6 is 0 Å². The summed E-state index contributed by atoms with van der Waals surface area (Å²) in [5.41, 5.74) is 1.34. The maximum Gasteiger partial charge on any atom is 0.118 e. The molecule has 1 rings (SSSR count). The second-order valence-electron chi connectivity index (χ2n) is 5.54. The first-order valence-electron chi connectivity index (χ1n) is 7.70. The molecule has 3 nitrogen and oxygen atoms in total. The van der Waals surface area contributed by atoms with Gasteiger partial charge in [0.1, 0.15) is 5.75 Å². The molecule has 0 spiro atoms. The predicted molar refractivity (Wildman–Crippen MR) is 86.3 cm³/mol. The summed E-state index contributed by atoms with van der Waals surface area (Å²) in [4.78, 5) is 2.39. The molecule has 20 heavy (non-hydrogen) atoms. The molecule has 0 saturated carbocycles. The molecule has 0 aliphatic carbocycles. The van der Waals surface area contributed by atoms with Crippen molar-refractivity contribution in [3.8, 4) is 5.75 Å². The highest BCUT2D eigenvalue weighted by Crippen LogP contribution is 2.13. The fraction of sp³-hybridized carbons (Fsp3) is 0.647. The monoisotopic (exact) mass is 278 g/mol. The van der Waals surface area contributed by atoms with E-state index in [2.05, 4.69) is 43.2 Å². The van der Waals surface area contributed by atoms with E-state index in [-0.39, 0.29) is 0 Å². The third-order valence-electron chi connectivity index (χ3n) is 3.59. The second-order valence-corrected chi connectivity index (χ2v) is 5.54. The van der Waals surface area contributed by atoms with E-state index in [4.69, 9.17) is 4.74 Å². The van der Waals surface area contributed by atoms with Crippen LogP contribution in [0.15, 0.2) is 24.3 Å². The van der Waals surface area contributed by atoms with Crippen molar-refractivity contribution in [3.05, 3.63) is 29.8 Å². The molecule has 0 heterocycles. The average molecular weight is 278 g/mol. The van der Waals surface area contributed by atoms with E-state index in [1.165, 1.54) is 24.8 Å². The Morgan fingerprint density at radius 1 is 1.20 bits per heavy atom. The molecular formula is C17H30N2O. The number of hydrogen-bond donors (Lipinski definition) is 1. The number of ether oxygens (including phenoxy) is 1. The van der Waals surface area contributed by atoms with Crippen LogP contribution in [-0.4, -0.2) is 38.2 Å². The number of rotatable bonds is 10. The number of nitrogens with one attached hydrogen (secondary N) is 1. The van der Waals surface area contributed by atoms with Crippen molar-refractivity contribution in [2.45, 2.75) is 45.7 Å². The van der Waals surface area contributed by atoms with Gasteiger partial charge in [-0.1, -0.05) is 25.5 Å². The Bertz CT molecular complexity index is 351. The molecule has 0 bridgehead atoms. The van der Waals surface area contributed by atoms with Crippen molar-refractivity contribution >= 4 is 0 Å². The highest BCUT2D eigenvalue weighted by Gasteiger charge is 2.03. The van der Waals surface area contributed by atoms with Gasteiger partial charge in [0.25, 0.3) is 0 Å². The van der Waals surface area contributed by atoms with E-state index < -0.39 is 0 Å². The fourth-order valence-electron chi connectivity index (χ4n) is 2.40. The zero-order chi connectivity index (χ0) is 14.8. The summed E-state index contributed by atoms with van der Waals surface area (Å²) in [6, 6.07) is 8.99. The second kappa shape index (κ2) is 9.78. The van der Waals surface area contributed by atoms with Gasteiger partial charge in [0.15, 0.2) is 0 Å². The van der Waals surface area contributed by atoms with Gasteiger partial charge in [-0.2, -0.15) is 0 Å². The van der Waals surface area contributed by atoms with E-state index in [9.17, 15) is 0 Å². The summed E-state index contributed by atoms with van der Waals surface area (Å²) in [7, 11) is 3.90. The average Bonchev–Trinajstić information content (AvgIpc) is 2.45. The number of benzene rings is 1. The molecule has 1 unspecified atom stereocenters. The Labute approximate surface area is 124 Å². The lowest BCUT2D eigenvalue weighted by atomic mass is 10.1. The Morgan fingerprint density at radius 2 is 1.90 bits per heavy atom. The largest absolute Gasteiger partial charge is 0.497 e. The van der Waals surface area contributed by atoms with Gasteiger partial charge in [-0.3, -0.25) is 0 Å². The third-order valence-corrected chi connectivity index (χ3v) is 3.59. The van der Waals surface area contributed by atoms with Crippen molar-refractivity contribution in [2.24, 2.45) is 0 Å². The molecule has 1 atom stereocenters. The summed E-state index contributed by atoms with van der Waals surface area (Å²) in [6.07, 6.45) is 3.83. The highest BCUT2D eigenvalue weighted by molar-refractivity contribution is 5.26. The number of hydrogen-bond acceptors (Lipinski definition) is 3. The number of methoxy groups -OCH3 is 1. The first-order chi connectivity index (χ1) is 9.65. The van der Waals surface area contributed by atoms with E-state index in [1.54, 1.807) is 7.11 Å². The SMILES string of the molecule is CCNC(C)CCCCN(C)Cc1ccc(OC)cc1. The summed E-state index contributed by atoms with van der Waals surface area (Å²) in [5.74, 6) is 0.925. The van der Waals surface area contributed by atoms with Crippen molar-refractivity contribution in [3.63, 3.8) is 0 Å². The van der Waals surface area contributed by atoms with Gasteiger partial charge in [-0.25, -0.2) is 0 Å². The van der Waals surface area contributed by atoms with Crippen LogP contribution in [-0.2, 0) is 6.54 Å². The van der Waals surface area contributed by atoms with Crippen LogP contribution in [0.1, 0.15) is 38.7 Å². The topological polar surface area (TPSA) is 24.5 Å². The Morgan fingerprint density at radius 3 is 2.50 bits per heavy atom. The smallest absolute Gasteiger partial charge is 0.118 e. The van der Waals surface area contributed by atoms with Gasteiger partial charge in [0, 0.05) is 12.6 Å². The maximum absolute atomic E-state index is 5.18. The summed E-state index contributed by atoms with van der Waals surface area (Å²) < 4.78 is 5.18. The van der Waals surface area contributed by atoms with E-state index in [1.807, 2.05) is 12.1 Å². The molecule has 0 aliphatic heterocycles. The molecule has 114 valence electrons. The highest BCUT2D eigenvalue weighted by atomic mass is 16.5. The Balaban J connectivity index is 2.17. The Hall–Kier alpha value is -1.06. The molecule has 0 saturated heterocycles. The molecule has 0 aliphatic rings. The molecule has 1 N–H and O–H groups in total. The van der Waals surface area contributed by atoms with E-state index in [0.717, 1.165) is 25.4 Å². The van der Waals surface area contributed by atoms with Crippen molar-refractivity contribution in [2.75, 3.05) is 27.2 Å². The van der Waals surface area contributed by atoms with Crippen LogP contribution in [0.3, 0.4) is 0 Å². The number of unbranched alkanes of at least 4 members (excludes halogenated alkanes) is 1. The summed E-state index contributed by atoms with van der Waals surface area (Å²) in [5, 5.41) is 3.46. The first-order valence-corrected chi connectivity index (χ1v) is 7.70. The van der Waals surface area contributed by atoms with Gasteiger partial charge < -0.3 is 15.0 Å². The normalized spacial score (nSPS) is 12.7. The molecule has 0 amide bonds. The fourth-order valence-corrected chi connectivity index (χ4v) is 2.40. The minimum Gasteiger partial charge on any atom is -0.497 e. The third kappa shape index (κ3) is 6.92. The van der Waals surface area contributed by atoms with Crippen LogP contribution < -0.4 is 10.1 Å². The zero-order valence-corrected chi connectivity index (χ0v) is 13.5. The van der Waals surface area contributed by atoms with Crippen molar-refractivity contribution < 1.29 is 4.74 Å². The lowest BCUT2D eigenvalue weighted by molar-refractivity contribution is 0.314. The van der Waals surface area contributed by atoms with Gasteiger partial charge in [-0.15, -0.1) is 0 Å². The van der Waals surface area contributed by atoms with Crippen LogP contribution in [0.2, 0.25) is 0 Å². The van der Waals surface area contributed by atoms with Crippen LogP contribution in [0.5, 0.6) is 5.75 Å². The maximum atomic E-state index is 5.18. The molecule has 0 aromatic heterocycles. The molecular weight excluding hydrogens is 248 g/mol. The predicted octanol–water partition coefficient (Wildman–Crippen LogP) is 3.30. The molecule has 0 fully saturated rings. The molecule has 1 aromatic rings. The first kappa shape index (κ1) is 17.0. The van der Waals surface area contributed by atoms with Crippen molar-refractivity contribution in [1.29, 1.82) is 0 Å². The minimum absolute atomic E-state index is 0.645. The lowest BCUT2D eigenvalue weighted by Gasteiger charge is -2.18. The lowest BCUT2D eigenvalue weighted by Crippen LogP contribution is -2.25. The summed E-state index contributed by atoms with van der Waals surface area (Å²) >= 11 is 0. The molecule has 0 radical (unpaired) electrons. The van der Waals surface area contributed by atoms with Gasteiger partial charge in [0.05, 0.1) is 7.11 Å². The van der Waals surface area contributed by atoms with Gasteiger partial charge in [-0.05, 0) is 57.6 Å². The molecule has 1 aromatic carbocycles. The van der Waals surface area contributed by atoms with E-state index in [0.29, 0.717) is 6.04 Å². The van der Waals surface area contributed by atoms with Gasteiger partial charge in [0.2, 0.25) is 0 Å². The standard InChI is InChI=1S/C17H30N2O/c1-5-18-15(2)8-6-7-13-19(3)14-16-9-11-17(20-4)12-10-16/h9-12,15,18H,5-8,13-14H2,1-4H3. The van der Waals surface area contributed by atoms with Gasteiger partial charge >= 0.3 is 0 Å². The number of nitrogens with zero attached hydrogens (tertiary/aromatic N) is 1.